The van der Waals surface area contributed by atoms with Gasteiger partial charge in [0.15, 0.2) is 0 Å². The van der Waals surface area contributed by atoms with E-state index in [1.807, 2.05) is 0 Å². The Morgan fingerprint density at radius 3 is 2.83 bits per heavy atom. The third kappa shape index (κ3) is 1.58. The van der Waals surface area contributed by atoms with Gasteiger partial charge >= 0.3 is 5.97 Å². The molecule has 0 saturated heterocycles. The molecule has 1 heterocycles. The fourth-order valence-corrected chi connectivity index (χ4v) is 0.756. The standard InChI is InChI=1S/C8H8FNO2/c1-5-3-7(8(11)12-2)10-4-6(5)9/h3-4H,1-2H3. The molecule has 1 rings (SSSR count). The quantitative estimate of drug-likeness (QED) is 0.595. The van der Waals surface area contributed by atoms with E-state index in [9.17, 15) is 9.18 Å². The molecule has 0 N–H and O–H groups in total. The van der Waals surface area contributed by atoms with E-state index in [0.29, 0.717) is 5.56 Å². The van der Waals surface area contributed by atoms with E-state index in [1.165, 1.54) is 13.2 Å². The van der Waals surface area contributed by atoms with Crippen molar-refractivity contribution in [1.82, 2.24) is 4.98 Å². The molecule has 12 heavy (non-hydrogen) atoms. The maximum atomic E-state index is 12.7. The summed E-state index contributed by atoms with van der Waals surface area (Å²) in [5.74, 6) is -0.985. The zero-order valence-corrected chi connectivity index (χ0v) is 6.80. The van der Waals surface area contributed by atoms with Crippen LogP contribution in [0, 0.1) is 12.7 Å². The lowest BCUT2D eigenvalue weighted by Gasteiger charge is -1.99. The largest absolute Gasteiger partial charge is 0.464 e. The van der Waals surface area contributed by atoms with Crippen LogP contribution in [0.4, 0.5) is 4.39 Å². The second kappa shape index (κ2) is 3.30. The number of carbonyl (C=O) groups excluding carboxylic acids is 1. The number of aryl methyl sites for hydroxylation is 1. The molecule has 0 aliphatic heterocycles. The van der Waals surface area contributed by atoms with Crippen molar-refractivity contribution in [3.8, 4) is 0 Å². The second-order valence-corrected chi connectivity index (χ2v) is 2.31. The molecule has 0 radical (unpaired) electrons. The Bertz CT molecular complexity index is 312. The zero-order chi connectivity index (χ0) is 9.14. The Morgan fingerprint density at radius 1 is 1.67 bits per heavy atom. The minimum atomic E-state index is -0.557. The van der Waals surface area contributed by atoms with Crippen LogP contribution in [0.5, 0.6) is 0 Å². The highest BCUT2D eigenvalue weighted by molar-refractivity contribution is 5.87. The van der Waals surface area contributed by atoms with E-state index in [1.54, 1.807) is 6.92 Å². The van der Waals surface area contributed by atoms with E-state index >= 15 is 0 Å². The van der Waals surface area contributed by atoms with Gasteiger partial charge in [-0.05, 0) is 18.6 Å². The fourth-order valence-electron chi connectivity index (χ4n) is 0.756. The first-order valence-corrected chi connectivity index (χ1v) is 3.35. The van der Waals surface area contributed by atoms with Crippen molar-refractivity contribution in [2.45, 2.75) is 6.92 Å². The van der Waals surface area contributed by atoms with E-state index in [2.05, 4.69) is 9.72 Å². The van der Waals surface area contributed by atoms with Crippen molar-refractivity contribution in [1.29, 1.82) is 0 Å². The highest BCUT2D eigenvalue weighted by Gasteiger charge is 2.08. The van der Waals surface area contributed by atoms with Gasteiger partial charge in [0.05, 0.1) is 13.3 Å². The van der Waals surface area contributed by atoms with Gasteiger partial charge in [0.1, 0.15) is 11.5 Å². The predicted molar refractivity (Wildman–Crippen MR) is 40.3 cm³/mol. The number of hydrogen-bond acceptors (Lipinski definition) is 3. The van der Waals surface area contributed by atoms with Gasteiger partial charge in [0, 0.05) is 0 Å². The lowest BCUT2D eigenvalue weighted by atomic mass is 10.2. The second-order valence-electron chi connectivity index (χ2n) is 2.31. The number of aromatic nitrogens is 1. The first kappa shape index (κ1) is 8.64. The summed E-state index contributed by atoms with van der Waals surface area (Å²) in [6, 6.07) is 1.35. The Kier molecular flexibility index (Phi) is 2.38. The number of nitrogens with zero attached hydrogens (tertiary/aromatic N) is 1. The number of carbonyl (C=O) groups is 1. The summed E-state index contributed by atoms with van der Waals surface area (Å²) >= 11 is 0. The molecular weight excluding hydrogens is 161 g/mol. The molecule has 0 aliphatic carbocycles. The van der Waals surface area contributed by atoms with Crippen LogP contribution in [0.1, 0.15) is 16.1 Å². The van der Waals surface area contributed by atoms with E-state index < -0.39 is 11.8 Å². The van der Waals surface area contributed by atoms with Crippen LogP contribution >= 0.6 is 0 Å². The number of ether oxygens (including phenoxy) is 1. The molecule has 0 bridgehead atoms. The van der Waals surface area contributed by atoms with Gasteiger partial charge in [0.25, 0.3) is 0 Å². The Hall–Kier alpha value is -1.45. The van der Waals surface area contributed by atoms with Gasteiger partial charge in [-0.2, -0.15) is 0 Å². The summed E-state index contributed by atoms with van der Waals surface area (Å²) < 4.78 is 17.1. The zero-order valence-electron chi connectivity index (χ0n) is 6.80. The van der Waals surface area contributed by atoms with Gasteiger partial charge in [0.2, 0.25) is 0 Å². The summed E-state index contributed by atoms with van der Waals surface area (Å²) in [5.41, 5.74) is 0.502. The van der Waals surface area contributed by atoms with Gasteiger partial charge in [-0.1, -0.05) is 0 Å². The van der Waals surface area contributed by atoms with Crippen LogP contribution < -0.4 is 0 Å². The van der Waals surface area contributed by atoms with Crippen LogP contribution in [-0.4, -0.2) is 18.1 Å². The molecular formula is C8H8FNO2. The van der Waals surface area contributed by atoms with Gasteiger partial charge in [-0.25, -0.2) is 14.2 Å². The molecule has 64 valence electrons. The summed E-state index contributed by atoms with van der Waals surface area (Å²) in [6.07, 6.45) is 1.00. The number of rotatable bonds is 1. The lowest BCUT2D eigenvalue weighted by molar-refractivity contribution is 0.0594. The molecule has 1 aromatic heterocycles. The molecule has 4 heteroatoms. The molecule has 0 aliphatic rings. The maximum Gasteiger partial charge on any atom is 0.356 e. The van der Waals surface area contributed by atoms with Crippen LogP contribution in [-0.2, 0) is 4.74 Å². The molecule has 0 atom stereocenters. The third-order valence-electron chi connectivity index (χ3n) is 1.44. The summed E-state index contributed by atoms with van der Waals surface area (Å²) in [6.45, 7) is 1.56. The average Bonchev–Trinajstić information content (AvgIpc) is 2.08. The molecule has 0 fully saturated rings. The number of hydrogen-bond donors (Lipinski definition) is 0. The molecule has 1 aromatic rings. The summed E-state index contributed by atoms with van der Waals surface area (Å²) in [7, 11) is 1.25. The minimum Gasteiger partial charge on any atom is -0.464 e. The first-order chi connectivity index (χ1) is 5.65. The third-order valence-corrected chi connectivity index (χ3v) is 1.44. The van der Waals surface area contributed by atoms with Crippen LogP contribution in [0.2, 0.25) is 0 Å². The first-order valence-electron chi connectivity index (χ1n) is 3.35. The number of methoxy groups -OCH3 is 1. The van der Waals surface area contributed by atoms with Crippen molar-refractivity contribution in [2.75, 3.05) is 7.11 Å². The Morgan fingerprint density at radius 2 is 2.33 bits per heavy atom. The number of esters is 1. The fraction of sp³-hybridized carbons (Fsp3) is 0.250. The molecule has 0 unspecified atom stereocenters. The highest BCUT2D eigenvalue weighted by atomic mass is 19.1. The summed E-state index contributed by atoms with van der Waals surface area (Å²) in [5, 5.41) is 0. The molecule has 0 saturated carbocycles. The van der Waals surface area contributed by atoms with E-state index in [4.69, 9.17) is 0 Å². The minimum absolute atomic E-state index is 0.122. The monoisotopic (exact) mass is 169 g/mol. The highest BCUT2D eigenvalue weighted by Crippen LogP contribution is 2.06. The molecule has 0 aromatic carbocycles. The van der Waals surface area contributed by atoms with Crippen molar-refractivity contribution < 1.29 is 13.9 Å². The average molecular weight is 169 g/mol. The normalized spacial score (nSPS) is 9.58. The van der Waals surface area contributed by atoms with Crippen LogP contribution in [0.3, 0.4) is 0 Å². The van der Waals surface area contributed by atoms with Crippen molar-refractivity contribution in [2.24, 2.45) is 0 Å². The molecule has 0 spiro atoms. The summed E-state index contributed by atoms with van der Waals surface area (Å²) in [4.78, 5) is 14.4. The Labute approximate surface area is 69.2 Å². The number of halogens is 1. The van der Waals surface area contributed by atoms with Crippen molar-refractivity contribution in [3.63, 3.8) is 0 Å². The lowest BCUT2D eigenvalue weighted by Crippen LogP contribution is -2.04. The van der Waals surface area contributed by atoms with Gasteiger partial charge < -0.3 is 4.74 Å². The molecule has 3 nitrogen and oxygen atoms in total. The topological polar surface area (TPSA) is 39.2 Å². The van der Waals surface area contributed by atoms with Crippen molar-refractivity contribution >= 4 is 5.97 Å². The predicted octanol–water partition coefficient (Wildman–Crippen LogP) is 1.32. The number of pyridine rings is 1. The van der Waals surface area contributed by atoms with Gasteiger partial charge in [-0.15, -0.1) is 0 Å². The molecule has 0 amide bonds. The van der Waals surface area contributed by atoms with E-state index in [-0.39, 0.29) is 5.69 Å². The maximum absolute atomic E-state index is 12.7. The Balaban J connectivity index is 3.05. The van der Waals surface area contributed by atoms with Crippen LogP contribution in [0.25, 0.3) is 0 Å². The van der Waals surface area contributed by atoms with Crippen LogP contribution in [0.15, 0.2) is 12.3 Å². The van der Waals surface area contributed by atoms with Crippen molar-refractivity contribution in [3.05, 3.63) is 29.3 Å². The van der Waals surface area contributed by atoms with Gasteiger partial charge in [-0.3, -0.25) is 0 Å². The van der Waals surface area contributed by atoms with E-state index in [0.717, 1.165) is 6.20 Å². The smallest absolute Gasteiger partial charge is 0.356 e. The SMILES string of the molecule is COC(=O)c1cc(C)c(F)cn1.